The molecule has 114 valence electrons. The lowest BCUT2D eigenvalue weighted by Gasteiger charge is -2.34. The summed E-state index contributed by atoms with van der Waals surface area (Å²) in [5, 5.41) is 0. The van der Waals surface area contributed by atoms with Gasteiger partial charge in [-0.1, -0.05) is 0 Å². The van der Waals surface area contributed by atoms with Crippen LogP contribution in [0.4, 0.5) is 5.69 Å². The van der Waals surface area contributed by atoms with Gasteiger partial charge in [-0.15, -0.1) is 0 Å². The molecule has 2 fully saturated rings. The molecule has 0 radical (unpaired) electrons. The third-order valence-electron chi connectivity index (χ3n) is 4.77. The van der Waals surface area contributed by atoms with E-state index >= 15 is 0 Å². The number of benzene rings is 1. The number of carbonyl (C=O) groups excluding carboxylic acids is 1. The Morgan fingerprint density at radius 2 is 1.71 bits per heavy atom. The van der Waals surface area contributed by atoms with Crippen molar-refractivity contribution in [1.29, 1.82) is 0 Å². The quantitative estimate of drug-likeness (QED) is 0.862. The van der Waals surface area contributed by atoms with Gasteiger partial charge in [0.2, 0.25) is 5.91 Å². The molecule has 0 spiro atoms. The fourth-order valence-corrected chi connectivity index (χ4v) is 3.40. The predicted molar refractivity (Wildman–Crippen MR) is 84.4 cm³/mol. The zero-order valence-electron chi connectivity index (χ0n) is 12.4. The number of piperidine rings is 1. The molecule has 0 bridgehead atoms. The van der Waals surface area contributed by atoms with Gasteiger partial charge in [-0.05, 0) is 56.6 Å². The van der Waals surface area contributed by atoms with E-state index < -0.39 is 0 Å². The number of likely N-dealkylation sites (tertiary alicyclic amines) is 1. The minimum absolute atomic E-state index is 0.370. The third kappa shape index (κ3) is 3.19. The predicted octanol–water partition coefficient (Wildman–Crippen LogP) is 0.787. The number of rotatable bonds is 3. The number of hydrogen-bond acceptors (Lipinski definition) is 4. The molecule has 2 aliphatic rings. The number of hydrogen-bond donors (Lipinski definition) is 2. The molecule has 0 aliphatic carbocycles. The van der Waals surface area contributed by atoms with Gasteiger partial charge in [-0.2, -0.15) is 0 Å². The molecule has 0 aromatic heterocycles. The smallest absolute Gasteiger partial charge is 0.248 e. The van der Waals surface area contributed by atoms with Crippen LogP contribution in [0.15, 0.2) is 24.3 Å². The van der Waals surface area contributed by atoms with Crippen LogP contribution in [-0.2, 0) is 0 Å². The van der Waals surface area contributed by atoms with Crippen LogP contribution >= 0.6 is 0 Å². The zero-order chi connectivity index (χ0) is 14.8. The molecule has 1 aromatic rings. The van der Waals surface area contributed by atoms with E-state index in [9.17, 15) is 4.79 Å². The molecule has 1 aromatic carbocycles. The minimum atomic E-state index is -0.370. The van der Waals surface area contributed by atoms with Gasteiger partial charge >= 0.3 is 0 Å². The highest BCUT2D eigenvalue weighted by atomic mass is 16.1. The average molecular weight is 288 g/mol. The van der Waals surface area contributed by atoms with Gasteiger partial charge in [0.25, 0.3) is 0 Å². The van der Waals surface area contributed by atoms with Crippen LogP contribution in [0.25, 0.3) is 0 Å². The van der Waals surface area contributed by atoms with Crippen molar-refractivity contribution >= 4 is 11.6 Å². The molecular weight excluding hydrogens is 264 g/mol. The molecule has 5 heteroatoms. The van der Waals surface area contributed by atoms with Crippen molar-refractivity contribution in [1.82, 2.24) is 4.90 Å². The van der Waals surface area contributed by atoms with Crippen LogP contribution in [-0.4, -0.2) is 49.1 Å². The molecule has 3 rings (SSSR count). The molecule has 0 saturated carbocycles. The summed E-state index contributed by atoms with van der Waals surface area (Å²) in [6, 6.07) is 8.63. The highest BCUT2D eigenvalue weighted by Gasteiger charge is 2.29. The third-order valence-corrected chi connectivity index (χ3v) is 4.77. The second-order valence-corrected chi connectivity index (χ2v) is 6.17. The maximum Gasteiger partial charge on any atom is 0.248 e. The van der Waals surface area contributed by atoms with Gasteiger partial charge in [0.15, 0.2) is 0 Å². The number of nitrogens with zero attached hydrogens (tertiary/aromatic N) is 2. The van der Waals surface area contributed by atoms with Crippen molar-refractivity contribution in [3.8, 4) is 0 Å². The Labute approximate surface area is 125 Å². The molecular formula is C16H24N4O. The number of primary amides is 1. The normalized spacial score (nSPS) is 24.4. The first-order valence-corrected chi connectivity index (χ1v) is 7.78. The molecule has 1 unspecified atom stereocenters. The highest BCUT2D eigenvalue weighted by molar-refractivity contribution is 5.93. The molecule has 1 atom stereocenters. The molecule has 4 N–H and O–H groups in total. The van der Waals surface area contributed by atoms with Crippen LogP contribution in [0, 0.1) is 0 Å². The Hall–Kier alpha value is -1.59. The maximum absolute atomic E-state index is 11.1. The number of carbonyl (C=O) groups is 1. The topological polar surface area (TPSA) is 75.6 Å². The van der Waals surface area contributed by atoms with E-state index in [1.807, 2.05) is 24.3 Å². The molecule has 2 heterocycles. The molecule has 2 aliphatic heterocycles. The summed E-state index contributed by atoms with van der Waals surface area (Å²) in [6.45, 7) is 4.38. The first-order valence-electron chi connectivity index (χ1n) is 7.78. The van der Waals surface area contributed by atoms with Gasteiger partial charge in [0.05, 0.1) is 0 Å². The van der Waals surface area contributed by atoms with Crippen molar-refractivity contribution in [2.45, 2.75) is 31.3 Å². The van der Waals surface area contributed by atoms with Crippen LogP contribution in [0.5, 0.6) is 0 Å². The van der Waals surface area contributed by atoms with E-state index in [1.165, 1.54) is 12.1 Å². The summed E-state index contributed by atoms with van der Waals surface area (Å²) in [7, 11) is 0. The van der Waals surface area contributed by atoms with Gasteiger partial charge < -0.3 is 16.4 Å². The van der Waals surface area contributed by atoms with Gasteiger partial charge in [0, 0.05) is 36.4 Å². The van der Waals surface area contributed by atoms with Crippen LogP contribution in [0.3, 0.4) is 0 Å². The Bertz CT molecular complexity index is 494. The summed E-state index contributed by atoms with van der Waals surface area (Å²) in [4.78, 5) is 16.1. The summed E-state index contributed by atoms with van der Waals surface area (Å²) in [5.41, 5.74) is 13.0. The van der Waals surface area contributed by atoms with Gasteiger partial charge in [-0.3, -0.25) is 9.69 Å². The van der Waals surface area contributed by atoms with Crippen molar-refractivity contribution in [3.63, 3.8) is 0 Å². The van der Waals surface area contributed by atoms with Gasteiger partial charge in [0.1, 0.15) is 0 Å². The molecule has 5 nitrogen and oxygen atoms in total. The van der Waals surface area contributed by atoms with E-state index in [4.69, 9.17) is 11.5 Å². The van der Waals surface area contributed by atoms with E-state index in [-0.39, 0.29) is 5.91 Å². The average Bonchev–Trinajstić information content (AvgIpc) is 2.98. The molecule has 1 amide bonds. The lowest BCUT2D eigenvalue weighted by molar-refractivity contribution is 0.100. The summed E-state index contributed by atoms with van der Waals surface area (Å²) in [6.07, 6.45) is 3.43. The van der Waals surface area contributed by atoms with E-state index in [0.717, 1.165) is 39.0 Å². The number of nitrogens with two attached hydrogens (primary N) is 2. The minimum Gasteiger partial charge on any atom is -0.370 e. The first kappa shape index (κ1) is 14.4. The van der Waals surface area contributed by atoms with Crippen LogP contribution in [0.2, 0.25) is 0 Å². The molecule has 2 saturated heterocycles. The monoisotopic (exact) mass is 288 g/mol. The van der Waals surface area contributed by atoms with Gasteiger partial charge in [-0.25, -0.2) is 0 Å². The fourth-order valence-electron chi connectivity index (χ4n) is 3.40. The Morgan fingerprint density at radius 3 is 2.33 bits per heavy atom. The van der Waals surface area contributed by atoms with E-state index in [0.29, 0.717) is 17.6 Å². The van der Waals surface area contributed by atoms with Crippen molar-refractivity contribution in [3.05, 3.63) is 29.8 Å². The fraction of sp³-hybridized carbons (Fsp3) is 0.562. The largest absolute Gasteiger partial charge is 0.370 e. The highest BCUT2D eigenvalue weighted by Crippen LogP contribution is 2.25. The second-order valence-electron chi connectivity index (χ2n) is 6.17. The second kappa shape index (κ2) is 6.03. The summed E-state index contributed by atoms with van der Waals surface area (Å²) in [5.74, 6) is -0.370. The zero-order valence-corrected chi connectivity index (χ0v) is 12.4. The number of anilines is 1. The van der Waals surface area contributed by atoms with Crippen molar-refractivity contribution in [2.75, 3.05) is 31.1 Å². The Morgan fingerprint density at radius 1 is 1.05 bits per heavy atom. The van der Waals surface area contributed by atoms with Crippen molar-refractivity contribution in [2.24, 2.45) is 11.5 Å². The standard InChI is InChI=1S/C16H24N4O/c17-13-5-8-19(9-6-13)15-7-10-20(11-15)14-3-1-12(2-4-14)16(18)21/h1-4,13,15H,5-11,17H2,(H2,18,21). The lowest BCUT2D eigenvalue weighted by Crippen LogP contribution is -2.46. The summed E-state index contributed by atoms with van der Waals surface area (Å²) < 4.78 is 0. The molecule has 21 heavy (non-hydrogen) atoms. The first-order chi connectivity index (χ1) is 10.1. The lowest BCUT2D eigenvalue weighted by atomic mass is 10.0. The SMILES string of the molecule is NC(=O)c1ccc(N2CCC(N3CCC(N)CC3)C2)cc1. The van der Waals surface area contributed by atoms with E-state index in [1.54, 1.807) is 0 Å². The summed E-state index contributed by atoms with van der Waals surface area (Å²) >= 11 is 0. The van der Waals surface area contributed by atoms with Crippen molar-refractivity contribution < 1.29 is 4.79 Å². The van der Waals surface area contributed by atoms with E-state index in [2.05, 4.69) is 9.80 Å². The van der Waals surface area contributed by atoms with Crippen LogP contribution in [0.1, 0.15) is 29.6 Å². The number of amides is 1. The Balaban J connectivity index is 1.60. The van der Waals surface area contributed by atoms with Crippen LogP contribution < -0.4 is 16.4 Å². The maximum atomic E-state index is 11.1. The Kier molecular flexibility index (Phi) is 4.12.